The van der Waals surface area contributed by atoms with Crippen LogP contribution >= 0.6 is 12.6 Å². The lowest BCUT2D eigenvalue weighted by molar-refractivity contribution is 0.0696. The standard InChI is InChI=1S/C28H36N2O3S/c1-4-11-29-13-10-21(27(29)34)14-19-6-9-25-24(15-19)23(18-30(25)12-5-2)16-20-7-8-22(28(31)32)17-26(20)33-3/h6-9,15,17-18,21,27,34H,4-5,10-14,16H2,1-3H3,(H,31,32). The molecule has 0 aliphatic carbocycles. The fourth-order valence-corrected chi connectivity index (χ4v) is 5.78. The van der Waals surface area contributed by atoms with E-state index < -0.39 is 5.97 Å². The predicted molar refractivity (Wildman–Crippen MR) is 141 cm³/mol. The number of ether oxygens (including phenoxy) is 1. The number of fused-ring (bicyclic) bond motifs is 1. The number of aryl methyl sites for hydroxylation is 1. The zero-order chi connectivity index (χ0) is 24.2. The molecule has 2 unspecified atom stereocenters. The quantitative estimate of drug-likeness (QED) is 0.356. The van der Waals surface area contributed by atoms with Gasteiger partial charge in [-0.3, -0.25) is 4.90 Å². The zero-order valence-corrected chi connectivity index (χ0v) is 21.4. The highest BCUT2D eigenvalue weighted by Gasteiger charge is 2.30. The minimum Gasteiger partial charge on any atom is -0.496 e. The van der Waals surface area contributed by atoms with Gasteiger partial charge < -0.3 is 14.4 Å². The average molecular weight is 481 g/mol. The summed E-state index contributed by atoms with van der Waals surface area (Å²) in [5, 5.41) is 10.9. The van der Waals surface area contributed by atoms with Crippen LogP contribution in [0.25, 0.3) is 10.9 Å². The number of nitrogens with zero attached hydrogens (tertiary/aromatic N) is 2. The first-order chi connectivity index (χ1) is 16.4. The maximum absolute atomic E-state index is 11.4. The highest BCUT2D eigenvalue weighted by molar-refractivity contribution is 7.80. The molecule has 2 atom stereocenters. The van der Waals surface area contributed by atoms with E-state index in [4.69, 9.17) is 17.4 Å². The second-order valence-corrected chi connectivity index (χ2v) is 9.94. The Hall–Kier alpha value is -2.44. The molecule has 5 nitrogen and oxygen atoms in total. The lowest BCUT2D eigenvalue weighted by Gasteiger charge is -2.23. The molecular formula is C28H36N2O3S. The van der Waals surface area contributed by atoms with Crippen molar-refractivity contribution in [3.63, 3.8) is 0 Å². The van der Waals surface area contributed by atoms with Gasteiger partial charge in [0, 0.05) is 30.1 Å². The van der Waals surface area contributed by atoms with Gasteiger partial charge in [-0.2, -0.15) is 12.6 Å². The molecule has 0 spiro atoms. The van der Waals surface area contributed by atoms with Gasteiger partial charge in [0.1, 0.15) is 5.75 Å². The van der Waals surface area contributed by atoms with E-state index in [-0.39, 0.29) is 5.56 Å². The molecule has 1 saturated heterocycles. The fourth-order valence-electron chi connectivity index (χ4n) is 5.29. The first kappa shape index (κ1) is 24.7. The number of carbonyl (C=O) groups is 1. The third-order valence-electron chi connectivity index (χ3n) is 7.00. The van der Waals surface area contributed by atoms with Gasteiger partial charge in [0.25, 0.3) is 0 Å². The monoisotopic (exact) mass is 480 g/mol. The van der Waals surface area contributed by atoms with Crippen molar-refractivity contribution in [3.8, 4) is 5.75 Å². The van der Waals surface area contributed by atoms with E-state index in [0.717, 1.165) is 38.0 Å². The maximum atomic E-state index is 11.4. The second kappa shape index (κ2) is 10.9. The largest absolute Gasteiger partial charge is 0.496 e. The van der Waals surface area contributed by atoms with Crippen LogP contribution < -0.4 is 4.74 Å². The third kappa shape index (κ3) is 5.13. The van der Waals surface area contributed by atoms with E-state index in [0.29, 0.717) is 23.5 Å². The summed E-state index contributed by atoms with van der Waals surface area (Å²) in [6.07, 6.45) is 7.42. The highest BCUT2D eigenvalue weighted by Crippen LogP contribution is 2.33. The minimum atomic E-state index is -0.944. The van der Waals surface area contributed by atoms with Gasteiger partial charge in [-0.1, -0.05) is 26.0 Å². The lowest BCUT2D eigenvalue weighted by Crippen LogP contribution is -2.29. The SMILES string of the molecule is CCCN1CCC(Cc2ccc3c(c2)c(Cc2ccc(C(=O)O)cc2OC)cn3CCC)C1S. The first-order valence-corrected chi connectivity index (χ1v) is 12.9. The fraction of sp³-hybridized carbons (Fsp3) is 0.464. The first-order valence-electron chi connectivity index (χ1n) is 12.4. The number of aromatic carboxylic acids is 1. The normalized spacial score (nSPS) is 18.6. The summed E-state index contributed by atoms with van der Waals surface area (Å²) in [7, 11) is 1.60. The summed E-state index contributed by atoms with van der Waals surface area (Å²) in [4.78, 5) is 13.9. The maximum Gasteiger partial charge on any atom is 0.335 e. The summed E-state index contributed by atoms with van der Waals surface area (Å²) in [5.41, 5.74) is 5.09. The van der Waals surface area contributed by atoms with E-state index >= 15 is 0 Å². The molecule has 1 aromatic heterocycles. The zero-order valence-electron chi connectivity index (χ0n) is 20.5. The molecule has 3 aromatic rings. The smallest absolute Gasteiger partial charge is 0.335 e. The van der Waals surface area contributed by atoms with Crippen LogP contribution in [0.5, 0.6) is 5.75 Å². The molecule has 2 heterocycles. The van der Waals surface area contributed by atoms with Crippen molar-refractivity contribution >= 4 is 29.5 Å². The van der Waals surface area contributed by atoms with E-state index in [2.05, 4.69) is 47.7 Å². The molecule has 182 valence electrons. The van der Waals surface area contributed by atoms with Crippen LogP contribution in [0.1, 0.15) is 60.2 Å². The number of hydrogen-bond acceptors (Lipinski definition) is 4. The van der Waals surface area contributed by atoms with Crippen molar-refractivity contribution in [2.45, 2.75) is 57.9 Å². The summed E-state index contributed by atoms with van der Waals surface area (Å²) in [6, 6.07) is 12.1. The number of carboxylic acids is 1. The molecule has 0 amide bonds. The van der Waals surface area contributed by atoms with Gasteiger partial charge in [-0.15, -0.1) is 0 Å². The van der Waals surface area contributed by atoms with Crippen LogP contribution in [0.2, 0.25) is 0 Å². The number of methoxy groups -OCH3 is 1. The Morgan fingerprint density at radius 1 is 1.12 bits per heavy atom. The van der Waals surface area contributed by atoms with Gasteiger partial charge >= 0.3 is 5.97 Å². The van der Waals surface area contributed by atoms with Gasteiger partial charge in [-0.25, -0.2) is 4.79 Å². The summed E-state index contributed by atoms with van der Waals surface area (Å²) >= 11 is 4.95. The Labute approximate surface area is 208 Å². The molecule has 0 bridgehead atoms. The van der Waals surface area contributed by atoms with Gasteiger partial charge in [0.15, 0.2) is 0 Å². The Morgan fingerprint density at radius 3 is 2.62 bits per heavy atom. The number of thiol groups is 1. The van der Waals surface area contributed by atoms with Crippen molar-refractivity contribution in [1.82, 2.24) is 9.47 Å². The van der Waals surface area contributed by atoms with E-state index in [1.807, 2.05) is 6.07 Å². The topological polar surface area (TPSA) is 54.7 Å². The van der Waals surface area contributed by atoms with Gasteiger partial charge in [0.05, 0.1) is 18.0 Å². The van der Waals surface area contributed by atoms with Crippen molar-refractivity contribution < 1.29 is 14.6 Å². The van der Waals surface area contributed by atoms with E-state index in [1.54, 1.807) is 19.2 Å². The Balaban J connectivity index is 1.65. The molecule has 2 aromatic carbocycles. The number of hydrogen-bond donors (Lipinski definition) is 2. The van der Waals surface area contributed by atoms with Crippen LogP contribution in [0.4, 0.5) is 0 Å². The minimum absolute atomic E-state index is 0.242. The van der Waals surface area contributed by atoms with E-state index in [1.165, 1.54) is 34.9 Å². The van der Waals surface area contributed by atoms with Crippen molar-refractivity contribution in [2.24, 2.45) is 5.92 Å². The number of benzene rings is 2. The molecule has 0 saturated carbocycles. The highest BCUT2D eigenvalue weighted by atomic mass is 32.1. The molecule has 0 radical (unpaired) electrons. The number of carboxylic acid groups (broad SMARTS) is 1. The number of aromatic nitrogens is 1. The Kier molecular flexibility index (Phi) is 7.89. The van der Waals surface area contributed by atoms with Crippen LogP contribution in [0, 0.1) is 5.92 Å². The van der Waals surface area contributed by atoms with Crippen LogP contribution in [-0.2, 0) is 19.4 Å². The van der Waals surface area contributed by atoms with Crippen molar-refractivity contribution in [2.75, 3.05) is 20.2 Å². The van der Waals surface area contributed by atoms with E-state index in [9.17, 15) is 9.90 Å². The van der Waals surface area contributed by atoms with Crippen LogP contribution in [0.15, 0.2) is 42.6 Å². The van der Waals surface area contributed by atoms with Gasteiger partial charge in [-0.05, 0) is 85.6 Å². The molecule has 1 fully saturated rings. The lowest BCUT2D eigenvalue weighted by atomic mass is 9.95. The van der Waals surface area contributed by atoms with Gasteiger partial charge in [0.2, 0.25) is 0 Å². The van der Waals surface area contributed by atoms with Crippen LogP contribution in [0.3, 0.4) is 0 Å². The average Bonchev–Trinajstić information content (AvgIpc) is 3.34. The molecule has 34 heavy (non-hydrogen) atoms. The summed E-state index contributed by atoms with van der Waals surface area (Å²) < 4.78 is 7.89. The van der Waals surface area contributed by atoms with Crippen molar-refractivity contribution in [3.05, 3.63) is 64.8 Å². The molecule has 1 N–H and O–H groups in total. The third-order valence-corrected chi connectivity index (χ3v) is 7.75. The summed E-state index contributed by atoms with van der Waals surface area (Å²) in [5.74, 6) is 0.241. The molecule has 6 heteroatoms. The molecular weight excluding hydrogens is 444 g/mol. The molecule has 4 rings (SSSR count). The molecule has 1 aliphatic rings. The Bertz CT molecular complexity index is 1160. The van der Waals surface area contributed by atoms with Crippen molar-refractivity contribution in [1.29, 1.82) is 0 Å². The predicted octanol–water partition coefficient (Wildman–Crippen LogP) is 5.88. The second-order valence-electron chi connectivity index (χ2n) is 9.41. The molecule has 1 aliphatic heterocycles. The number of likely N-dealkylation sites (tertiary alicyclic amines) is 1. The Morgan fingerprint density at radius 2 is 1.91 bits per heavy atom. The van der Waals surface area contributed by atoms with Crippen LogP contribution in [-0.4, -0.2) is 46.1 Å². The summed E-state index contributed by atoms with van der Waals surface area (Å²) in [6.45, 7) is 7.66. The number of rotatable bonds is 10.